The molecule has 2 aliphatic rings. The van der Waals surface area contributed by atoms with Crippen molar-refractivity contribution in [1.82, 2.24) is 5.32 Å². The highest BCUT2D eigenvalue weighted by Crippen LogP contribution is 2.51. The number of carbonyl (C=O) groups is 2. The fourth-order valence-corrected chi connectivity index (χ4v) is 7.66. The molecule has 1 unspecified atom stereocenters. The Bertz CT molecular complexity index is 2050. The quantitative estimate of drug-likeness (QED) is 0.0950. The Morgan fingerprint density at radius 3 is 2.17 bits per heavy atom. The van der Waals surface area contributed by atoms with Crippen LogP contribution in [0.15, 0.2) is 109 Å². The Balaban J connectivity index is 1.35. The molecular formula is C41H45N4O3+. The number of amides is 1. The minimum atomic E-state index is -0.815. The van der Waals surface area contributed by atoms with E-state index >= 15 is 0 Å². The number of aliphatic carboxylic acids is 1. The molecule has 1 amide bonds. The zero-order valence-electron chi connectivity index (χ0n) is 28.5. The molecule has 48 heavy (non-hydrogen) atoms. The van der Waals surface area contributed by atoms with Crippen LogP contribution in [0.25, 0.3) is 21.5 Å². The number of nitrogens with zero attached hydrogens (tertiary/aromatic N) is 2. The maximum Gasteiger partial charge on any atom is 0.309 e. The Morgan fingerprint density at radius 1 is 0.854 bits per heavy atom. The summed E-state index contributed by atoms with van der Waals surface area (Å²) < 4.78 is 2.16. The largest absolute Gasteiger partial charge is 0.481 e. The topological polar surface area (TPSA) is 98.7 Å². The lowest BCUT2D eigenvalue weighted by molar-refractivity contribution is -0.436. The van der Waals surface area contributed by atoms with Crippen molar-refractivity contribution in [2.45, 2.75) is 64.5 Å². The van der Waals surface area contributed by atoms with Crippen LogP contribution in [0.4, 0.5) is 11.4 Å². The van der Waals surface area contributed by atoms with Crippen LogP contribution in [-0.4, -0.2) is 46.5 Å². The van der Waals surface area contributed by atoms with E-state index < -0.39 is 12.1 Å². The van der Waals surface area contributed by atoms with Crippen molar-refractivity contribution in [2.75, 3.05) is 18.0 Å². The molecule has 4 N–H and O–H groups in total. The molecule has 246 valence electrons. The minimum absolute atomic E-state index is 0.0456. The molecular weight excluding hydrogens is 596 g/mol. The molecule has 7 heteroatoms. The predicted molar refractivity (Wildman–Crippen MR) is 196 cm³/mol. The molecule has 1 atom stereocenters. The number of hydrogen-bond acceptors (Lipinski definition) is 4. The number of nitrogens with one attached hydrogen (secondary N) is 1. The molecule has 0 aromatic heterocycles. The van der Waals surface area contributed by atoms with Gasteiger partial charge in [-0.25, -0.2) is 0 Å². The van der Waals surface area contributed by atoms with Crippen LogP contribution in [0.1, 0.15) is 58.6 Å². The van der Waals surface area contributed by atoms with Gasteiger partial charge in [-0.3, -0.25) is 9.59 Å². The Labute approximate surface area is 282 Å². The van der Waals surface area contributed by atoms with Crippen molar-refractivity contribution < 1.29 is 19.3 Å². The van der Waals surface area contributed by atoms with Gasteiger partial charge >= 0.3 is 5.97 Å². The molecule has 6 rings (SSSR count). The smallest absolute Gasteiger partial charge is 0.309 e. The average molecular weight is 642 g/mol. The van der Waals surface area contributed by atoms with Gasteiger partial charge in [-0.1, -0.05) is 86.7 Å². The Kier molecular flexibility index (Phi) is 8.84. The monoisotopic (exact) mass is 641 g/mol. The van der Waals surface area contributed by atoms with Gasteiger partial charge in [-0.2, -0.15) is 4.58 Å². The average Bonchev–Trinajstić information content (AvgIpc) is 3.40. The second-order valence-electron chi connectivity index (χ2n) is 13.8. The first-order valence-corrected chi connectivity index (χ1v) is 16.7. The summed E-state index contributed by atoms with van der Waals surface area (Å²) in [5.41, 5.74) is 12.0. The Hall–Kier alpha value is -5.01. The van der Waals surface area contributed by atoms with Gasteiger partial charge in [0, 0.05) is 47.5 Å². The van der Waals surface area contributed by atoms with E-state index in [0.717, 1.165) is 22.8 Å². The van der Waals surface area contributed by atoms with Gasteiger partial charge in [0.2, 0.25) is 11.6 Å². The summed E-state index contributed by atoms with van der Waals surface area (Å²) >= 11 is 0. The van der Waals surface area contributed by atoms with E-state index in [2.05, 4.69) is 127 Å². The number of carbonyl (C=O) groups excluding carboxylic acids is 1. The number of allylic oxidation sites excluding steroid dienone is 6. The zero-order chi connectivity index (χ0) is 34.2. The summed E-state index contributed by atoms with van der Waals surface area (Å²) in [6, 6.07) is 25.4. The van der Waals surface area contributed by atoms with Gasteiger partial charge in [0.15, 0.2) is 12.3 Å². The normalized spacial score (nSPS) is 18.0. The number of hydrogen-bond donors (Lipinski definition) is 3. The summed E-state index contributed by atoms with van der Waals surface area (Å²) in [6.45, 7) is 11.6. The molecule has 0 saturated carbocycles. The van der Waals surface area contributed by atoms with Gasteiger partial charge in [-0.05, 0) is 66.1 Å². The number of benzene rings is 4. The van der Waals surface area contributed by atoms with Crippen LogP contribution in [0, 0.1) is 0 Å². The fraction of sp³-hybridized carbons (Fsp3) is 0.293. The van der Waals surface area contributed by atoms with E-state index in [0.29, 0.717) is 19.5 Å². The highest BCUT2D eigenvalue weighted by atomic mass is 16.4. The second-order valence-corrected chi connectivity index (χ2v) is 13.8. The molecule has 0 radical (unpaired) electrons. The lowest BCUT2D eigenvalue weighted by Gasteiger charge is -2.27. The molecule has 0 aliphatic carbocycles. The number of nitrogens with two attached hydrogens (primary N) is 1. The summed E-state index contributed by atoms with van der Waals surface area (Å²) in [6.07, 6.45) is 10.4. The van der Waals surface area contributed by atoms with Crippen molar-refractivity contribution in [3.63, 3.8) is 0 Å². The summed E-state index contributed by atoms with van der Waals surface area (Å²) in [5, 5.41) is 17.1. The highest BCUT2D eigenvalue weighted by molar-refractivity contribution is 6.07. The highest BCUT2D eigenvalue weighted by Gasteiger charge is 2.45. The van der Waals surface area contributed by atoms with Crippen molar-refractivity contribution in [3.8, 4) is 0 Å². The summed E-state index contributed by atoms with van der Waals surface area (Å²) in [4.78, 5) is 26.5. The lowest BCUT2D eigenvalue weighted by atomic mass is 9.79. The van der Waals surface area contributed by atoms with Crippen molar-refractivity contribution in [2.24, 2.45) is 5.73 Å². The summed E-state index contributed by atoms with van der Waals surface area (Å²) in [7, 11) is 0. The molecule has 0 spiro atoms. The first-order valence-electron chi connectivity index (χ1n) is 16.7. The third-order valence-corrected chi connectivity index (χ3v) is 9.74. The molecule has 2 heterocycles. The van der Waals surface area contributed by atoms with Crippen LogP contribution in [-0.2, 0) is 20.4 Å². The van der Waals surface area contributed by atoms with Crippen molar-refractivity contribution >= 4 is 50.5 Å². The maximum atomic E-state index is 12.6. The van der Waals surface area contributed by atoms with Gasteiger partial charge < -0.3 is 21.1 Å². The third kappa shape index (κ3) is 5.95. The molecule has 0 bridgehead atoms. The lowest BCUT2D eigenvalue weighted by Crippen LogP contribution is -2.40. The van der Waals surface area contributed by atoms with Crippen molar-refractivity contribution in [1.29, 1.82) is 0 Å². The van der Waals surface area contributed by atoms with Crippen LogP contribution in [0.5, 0.6) is 0 Å². The van der Waals surface area contributed by atoms with Crippen LogP contribution < -0.4 is 16.0 Å². The van der Waals surface area contributed by atoms with Gasteiger partial charge in [0.25, 0.3) is 0 Å². The Morgan fingerprint density at radius 2 is 1.50 bits per heavy atom. The number of carboxylic acid groups (broad SMARTS) is 1. The van der Waals surface area contributed by atoms with E-state index in [4.69, 9.17) is 5.73 Å². The molecule has 4 aromatic rings. The molecule has 0 saturated heterocycles. The number of rotatable bonds is 10. The fourth-order valence-electron chi connectivity index (χ4n) is 7.66. The van der Waals surface area contributed by atoms with Gasteiger partial charge in [0.1, 0.15) is 6.42 Å². The van der Waals surface area contributed by atoms with Crippen LogP contribution in [0.2, 0.25) is 0 Å². The van der Waals surface area contributed by atoms with E-state index in [1.807, 2.05) is 18.2 Å². The first kappa shape index (κ1) is 32.9. The van der Waals surface area contributed by atoms with E-state index in [1.165, 1.54) is 32.7 Å². The van der Waals surface area contributed by atoms with Gasteiger partial charge in [-0.15, -0.1) is 0 Å². The standard InChI is InChI=1S/C41H44N4O3/c1-27(42)43-36(46)23-25-44-32-21-19-28-13-9-11-15-30(28)38(32)40(2,3)34(44)17-7-6-8-18-35-41(4,5)39-31-16-12-10-14-29(31)20-22-33(39)45(35)26-24-37(47)48/h6-22,27H,23-26,42H2,1-5H3,(H-,43,46,47,48)/p+1. The zero-order valence-corrected chi connectivity index (χ0v) is 28.5. The SMILES string of the molecule is CC(N)NC(=O)CCN1/C(=C/C=C/C=C/C2=[N+](CCC(=O)O)c3ccc4ccccc4c3C2(C)C)C(C)(C)c2c1ccc1ccccc21. The van der Waals surface area contributed by atoms with Crippen LogP contribution >= 0.6 is 0 Å². The van der Waals surface area contributed by atoms with E-state index in [-0.39, 0.29) is 23.2 Å². The second kappa shape index (κ2) is 12.9. The van der Waals surface area contributed by atoms with Crippen LogP contribution in [0.3, 0.4) is 0 Å². The molecule has 2 aliphatic heterocycles. The van der Waals surface area contributed by atoms with E-state index in [1.54, 1.807) is 6.92 Å². The third-order valence-electron chi connectivity index (χ3n) is 9.74. The van der Waals surface area contributed by atoms with Crippen molar-refractivity contribution in [3.05, 3.63) is 120 Å². The number of anilines is 1. The maximum absolute atomic E-state index is 12.6. The van der Waals surface area contributed by atoms with Gasteiger partial charge in [0.05, 0.1) is 11.6 Å². The minimum Gasteiger partial charge on any atom is -0.481 e. The van der Waals surface area contributed by atoms with E-state index in [9.17, 15) is 14.7 Å². The molecule has 4 aromatic carbocycles. The molecule has 7 nitrogen and oxygen atoms in total. The molecule has 0 fully saturated rings. The predicted octanol–water partition coefficient (Wildman–Crippen LogP) is 7.45. The summed E-state index contributed by atoms with van der Waals surface area (Å²) in [5.74, 6) is -0.892. The first-order chi connectivity index (χ1) is 22.9. The number of carboxylic acids is 1. The number of fused-ring (bicyclic) bond motifs is 6.